The SMILES string of the molecule is CCc1cc(SC)ccc1-c1ccc(N=C(N)N=C(N)N)cc1Cl. The molecule has 0 heterocycles. The molecule has 0 fully saturated rings. The number of aliphatic imine (C=N–C) groups is 2. The number of benzene rings is 2. The first-order chi connectivity index (χ1) is 11.4. The molecule has 0 saturated heterocycles. The van der Waals surface area contributed by atoms with Crippen molar-refractivity contribution >= 4 is 41.0 Å². The largest absolute Gasteiger partial charge is 0.370 e. The quantitative estimate of drug-likeness (QED) is 0.440. The van der Waals surface area contributed by atoms with Crippen LogP contribution in [-0.4, -0.2) is 18.2 Å². The van der Waals surface area contributed by atoms with Crippen molar-refractivity contribution in [3.05, 3.63) is 47.0 Å². The second-order valence-corrected chi connectivity index (χ2v) is 6.33. The minimum atomic E-state index is -0.138. The summed E-state index contributed by atoms with van der Waals surface area (Å²) < 4.78 is 0. The van der Waals surface area contributed by atoms with E-state index in [1.54, 1.807) is 17.8 Å². The number of aryl methyl sites for hydroxylation is 1. The molecular weight excluding hydrogens is 342 g/mol. The molecule has 24 heavy (non-hydrogen) atoms. The van der Waals surface area contributed by atoms with Gasteiger partial charge in [0.05, 0.1) is 10.7 Å². The van der Waals surface area contributed by atoms with E-state index in [2.05, 4.69) is 41.4 Å². The van der Waals surface area contributed by atoms with E-state index in [1.807, 2.05) is 12.1 Å². The Labute approximate surface area is 151 Å². The molecule has 0 atom stereocenters. The molecule has 126 valence electrons. The zero-order valence-electron chi connectivity index (χ0n) is 13.6. The molecule has 5 nitrogen and oxygen atoms in total. The molecule has 2 aromatic rings. The highest BCUT2D eigenvalue weighted by Gasteiger charge is 2.09. The van der Waals surface area contributed by atoms with E-state index >= 15 is 0 Å². The molecule has 0 unspecified atom stereocenters. The van der Waals surface area contributed by atoms with Crippen molar-refractivity contribution in [2.45, 2.75) is 18.2 Å². The Kier molecular flexibility index (Phi) is 6.11. The van der Waals surface area contributed by atoms with Crippen molar-refractivity contribution in [1.82, 2.24) is 0 Å². The van der Waals surface area contributed by atoms with Gasteiger partial charge in [0.2, 0.25) is 5.96 Å². The van der Waals surface area contributed by atoms with Gasteiger partial charge in [-0.3, -0.25) is 0 Å². The lowest BCUT2D eigenvalue weighted by Gasteiger charge is -2.12. The van der Waals surface area contributed by atoms with Gasteiger partial charge in [0.15, 0.2) is 5.96 Å². The normalized spacial score (nSPS) is 11.4. The lowest BCUT2D eigenvalue weighted by molar-refractivity contribution is 1.13. The minimum Gasteiger partial charge on any atom is -0.370 e. The maximum atomic E-state index is 6.46. The summed E-state index contributed by atoms with van der Waals surface area (Å²) in [5, 5.41) is 0.598. The average Bonchev–Trinajstić information content (AvgIpc) is 2.53. The highest BCUT2D eigenvalue weighted by atomic mass is 35.5. The van der Waals surface area contributed by atoms with Crippen LogP contribution in [0.2, 0.25) is 5.02 Å². The fourth-order valence-electron chi connectivity index (χ4n) is 2.33. The zero-order valence-corrected chi connectivity index (χ0v) is 15.2. The Morgan fingerprint density at radius 3 is 2.38 bits per heavy atom. The minimum absolute atomic E-state index is 0.0163. The molecule has 0 aliphatic heterocycles. The Morgan fingerprint density at radius 1 is 1.08 bits per heavy atom. The van der Waals surface area contributed by atoms with Gasteiger partial charge in [-0.15, -0.1) is 11.8 Å². The first-order valence-corrected chi connectivity index (χ1v) is 8.95. The van der Waals surface area contributed by atoms with Crippen molar-refractivity contribution in [2.75, 3.05) is 6.26 Å². The van der Waals surface area contributed by atoms with Gasteiger partial charge in [0, 0.05) is 10.5 Å². The van der Waals surface area contributed by atoms with Crippen molar-refractivity contribution in [2.24, 2.45) is 27.2 Å². The number of nitrogens with zero attached hydrogens (tertiary/aromatic N) is 2. The van der Waals surface area contributed by atoms with Gasteiger partial charge < -0.3 is 17.2 Å². The molecule has 7 heteroatoms. The number of guanidine groups is 2. The van der Waals surface area contributed by atoms with Crippen LogP contribution in [0.25, 0.3) is 11.1 Å². The summed E-state index contributed by atoms with van der Waals surface area (Å²) in [6.45, 7) is 2.13. The standard InChI is InChI=1S/C17H20ClN5S/c1-3-10-8-12(24-2)5-7-13(10)14-6-4-11(9-15(14)18)22-17(21)23-16(19)20/h4-9H,3H2,1-2H3,(H6,19,20,21,22,23). The topological polar surface area (TPSA) is 103 Å². The van der Waals surface area contributed by atoms with Crippen LogP contribution in [0, 0.1) is 0 Å². The molecule has 0 aliphatic rings. The van der Waals surface area contributed by atoms with Crippen molar-refractivity contribution in [1.29, 1.82) is 0 Å². The summed E-state index contributed by atoms with van der Waals surface area (Å²) in [6, 6.07) is 11.9. The molecule has 0 aromatic heterocycles. The molecule has 0 aliphatic carbocycles. The van der Waals surface area contributed by atoms with Gasteiger partial charge in [0.25, 0.3) is 0 Å². The zero-order chi connectivity index (χ0) is 17.7. The van der Waals surface area contributed by atoms with Crippen LogP contribution in [-0.2, 0) is 6.42 Å². The maximum Gasteiger partial charge on any atom is 0.223 e. The molecule has 2 aromatic carbocycles. The smallest absolute Gasteiger partial charge is 0.223 e. The fourth-order valence-corrected chi connectivity index (χ4v) is 3.07. The van der Waals surface area contributed by atoms with Crippen LogP contribution in [0.15, 0.2) is 51.3 Å². The second-order valence-electron chi connectivity index (χ2n) is 5.05. The summed E-state index contributed by atoms with van der Waals surface area (Å²) in [5.74, 6) is -0.155. The lowest BCUT2D eigenvalue weighted by atomic mass is 9.98. The first kappa shape index (κ1) is 18.2. The Morgan fingerprint density at radius 2 is 1.79 bits per heavy atom. The molecular formula is C17H20ClN5S. The number of halogens is 1. The predicted octanol–water partition coefficient (Wildman–Crippen LogP) is 3.51. The number of hydrogen-bond donors (Lipinski definition) is 3. The fraction of sp³-hybridized carbons (Fsp3) is 0.176. The molecule has 2 rings (SSSR count). The third-order valence-electron chi connectivity index (χ3n) is 3.42. The van der Waals surface area contributed by atoms with Crippen LogP contribution in [0.4, 0.5) is 5.69 Å². The van der Waals surface area contributed by atoms with Gasteiger partial charge in [-0.05, 0) is 48.1 Å². The van der Waals surface area contributed by atoms with E-state index in [1.165, 1.54) is 10.5 Å². The number of thioether (sulfide) groups is 1. The van der Waals surface area contributed by atoms with Crippen LogP contribution in [0.1, 0.15) is 12.5 Å². The lowest BCUT2D eigenvalue weighted by Crippen LogP contribution is -2.26. The number of nitrogens with two attached hydrogens (primary N) is 3. The van der Waals surface area contributed by atoms with Crippen molar-refractivity contribution in [3.8, 4) is 11.1 Å². The van der Waals surface area contributed by atoms with Gasteiger partial charge in [-0.25, -0.2) is 4.99 Å². The van der Waals surface area contributed by atoms with Crippen LogP contribution >= 0.6 is 23.4 Å². The number of rotatable bonds is 4. The van der Waals surface area contributed by atoms with Gasteiger partial charge >= 0.3 is 0 Å². The summed E-state index contributed by atoms with van der Waals surface area (Å²) in [5.41, 5.74) is 20.1. The third kappa shape index (κ3) is 4.43. The molecule has 0 bridgehead atoms. The van der Waals surface area contributed by atoms with E-state index in [4.69, 9.17) is 28.8 Å². The monoisotopic (exact) mass is 361 g/mol. The van der Waals surface area contributed by atoms with Gasteiger partial charge in [0.1, 0.15) is 0 Å². The Hall–Kier alpha value is -2.18. The molecule has 0 saturated carbocycles. The molecule has 0 spiro atoms. The van der Waals surface area contributed by atoms with Crippen LogP contribution in [0.5, 0.6) is 0 Å². The van der Waals surface area contributed by atoms with Gasteiger partial charge in [-0.1, -0.05) is 30.7 Å². The Bertz CT molecular complexity index is 798. The summed E-state index contributed by atoms with van der Waals surface area (Å²) in [4.78, 5) is 9.04. The first-order valence-electron chi connectivity index (χ1n) is 7.35. The van der Waals surface area contributed by atoms with Crippen LogP contribution in [0.3, 0.4) is 0 Å². The van der Waals surface area contributed by atoms with E-state index in [-0.39, 0.29) is 11.9 Å². The summed E-state index contributed by atoms with van der Waals surface area (Å²) in [6.07, 6.45) is 2.99. The molecule has 6 N–H and O–H groups in total. The average molecular weight is 362 g/mol. The molecule has 0 amide bonds. The summed E-state index contributed by atoms with van der Waals surface area (Å²) >= 11 is 8.18. The van der Waals surface area contributed by atoms with E-state index in [0.717, 1.165) is 17.5 Å². The van der Waals surface area contributed by atoms with E-state index in [9.17, 15) is 0 Å². The van der Waals surface area contributed by atoms with E-state index < -0.39 is 0 Å². The Balaban J connectivity index is 2.42. The van der Waals surface area contributed by atoms with Crippen LogP contribution < -0.4 is 17.2 Å². The highest BCUT2D eigenvalue weighted by Crippen LogP contribution is 2.35. The predicted molar refractivity (Wildman–Crippen MR) is 105 cm³/mol. The van der Waals surface area contributed by atoms with Crippen molar-refractivity contribution < 1.29 is 0 Å². The second kappa shape index (κ2) is 8.08. The van der Waals surface area contributed by atoms with E-state index in [0.29, 0.717) is 10.7 Å². The summed E-state index contributed by atoms with van der Waals surface area (Å²) in [7, 11) is 0. The van der Waals surface area contributed by atoms with Crippen molar-refractivity contribution in [3.63, 3.8) is 0 Å². The third-order valence-corrected chi connectivity index (χ3v) is 4.46. The highest BCUT2D eigenvalue weighted by molar-refractivity contribution is 7.98. The molecule has 0 radical (unpaired) electrons. The van der Waals surface area contributed by atoms with Gasteiger partial charge in [-0.2, -0.15) is 4.99 Å². The maximum absolute atomic E-state index is 6.46. The number of hydrogen-bond acceptors (Lipinski definition) is 2.